The van der Waals surface area contributed by atoms with Gasteiger partial charge >= 0.3 is 0 Å². The topological polar surface area (TPSA) is 3.24 Å². The molecule has 0 saturated heterocycles. The Morgan fingerprint density at radius 2 is 0.867 bits per heavy atom. The van der Waals surface area contributed by atoms with Gasteiger partial charge in [0, 0.05) is 22.2 Å². The molecule has 0 aliphatic heterocycles. The van der Waals surface area contributed by atoms with Gasteiger partial charge in [0.15, 0.2) is 0 Å². The van der Waals surface area contributed by atoms with Gasteiger partial charge in [-0.3, -0.25) is 0 Å². The summed E-state index contributed by atoms with van der Waals surface area (Å²) in [5.41, 5.74) is 18.1. The van der Waals surface area contributed by atoms with E-state index in [0.717, 1.165) is 17.1 Å². The molecule has 0 heterocycles. The van der Waals surface area contributed by atoms with Gasteiger partial charge in [0.2, 0.25) is 0 Å². The van der Waals surface area contributed by atoms with Crippen molar-refractivity contribution >= 4 is 38.6 Å². The number of nitrogens with zero attached hydrogens (tertiary/aromatic N) is 1. The minimum Gasteiger partial charge on any atom is -0.309 e. The second-order valence-corrected chi connectivity index (χ2v) is 16.4. The molecule has 1 aliphatic rings. The van der Waals surface area contributed by atoms with E-state index < -0.39 is 0 Å². The van der Waals surface area contributed by atoms with Crippen molar-refractivity contribution in [2.45, 2.75) is 19.3 Å². The van der Waals surface area contributed by atoms with Gasteiger partial charge in [-0.05, 0) is 108 Å². The summed E-state index contributed by atoms with van der Waals surface area (Å²) in [5.74, 6) is 0. The number of rotatable bonds is 7. The van der Waals surface area contributed by atoms with Crippen LogP contribution in [0.4, 0.5) is 17.1 Å². The fraction of sp³-hybridized carbons (Fsp3) is 0.0508. The third-order valence-electron chi connectivity index (χ3n) is 12.6. The van der Waals surface area contributed by atoms with Crippen LogP contribution in [0.3, 0.4) is 0 Å². The molecule has 0 bridgehead atoms. The van der Waals surface area contributed by atoms with E-state index in [4.69, 9.17) is 0 Å². The Morgan fingerprint density at radius 3 is 1.62 bits per heavy atom. The number of anilines is 3. The van der Waals surface area contributed by atoms with Crippen molar-refractivity contribution in [3.8, 4) is 55.6 Å². The Kier molecular flexibility index (Phi) is 8.57. The van der Waals surface area contributed by atoms with Gasteiger partial charge in [-0.25, -0.2) is 0 Å². The predicted molar refractivity (Wildman–Crippen MR) is 255 cm³/mol. The van der Waals surface area contributed by atoms with Gasteiger partial charge in [-0.1, -0.05) is 208 Å². The molecule has 0 aromatic heterocycles. The molecule has 0 amide bonds. The molecule has 0 saturated carbocycles. The van der Waals surface area contributed by atoms with Crippen molar-refractivity contribution in [1.82, 2.24) is 0 Å². The van der Waals surface area contributed by atoms with Crippen molar-refractivity contribution in [2.75, 3.05) is 4.90 Å². The monoisotopic (exact) mass is 765 g/mol. The Hall–Kier alpha value is -7.48. The van der Waals surface area contributed by atoms with Crippen molar-refractivity contribution in [1.29, 1.82) is 0 Å². The quantitative estimate of drug-likeness (QED) is 0.146. The number of para-hydroxylation sites is 1. The van der Waals surface area contributed by atoms with Crippen LogP contribution < -0.4 is 4.90 Å². The Morgan fingerprint density at radius 1 is 0.333 bits per heavy atom. The highest BCUT2D eigenvalue weighted by atomic mass is 15.1. The van der Waals surface area contributed by atoms with E-state index in [1.807, 2.05) is 0 Å². The second kappa shape index (κ2) is 14.4. The Bertz CT molecular complexity index is 3220. The molecular formula is C59H43N. The molecule has 60 heavy (non-hydrogen) atoms. The van der Waals surface area contributed by atoms with Gasteiger partial charge in [-0.2, -0.15) is 0 Å². The van der Waals surface area contributed by atoms with Crippen molar-refractivity contribution in [3.05, 3.63) is 236 Å². The zero-order valence-electron chi connectivity index (χ0n) is 33.8. The molecule has 0 N–H and O–H groups in total. The Labute approximate surface area is 352 Å². The summed E-state index contributed by atoms with van der Waals surface area (Å²) in [5, 5.41) is 4.95. The Balaban J connectivity index is 1.28. The predicted octanol–water partition coefficient (Wildman–Crippen LogP) is 16.4. The van der Waals surface area contributed by atoms with Gasteiger partial charge < -0.3 is 4.90 Å². The standard InChI is InChI=1S/C59H43N/c1-59(2)54-34-17-16-29-48(54)50-32-18-33-51(58(50)59)53-39-52-43(37-36-42-24-12-13-28-46(42)52)38-56(53)60(44-25-10-5-11-26-44)55-35-19-31-47(41-22-8-4-9-23-41)57(55)49-30-15-14-27-45(49)40-20-6-3-7-21-40/h3-39H,1-2H3. The molecule has 10 aromatic carbocycles. The maximum Gasteiger partial charge on any atom is 0.0546 e. The average Bonchev–Trinajstić information content (AvgIpc) is 3.55. The van der Waals surface area contributed by atoms with Crippen LogP contribution in [0.1, 0.15) is 25.0 Å². The largest absolute Gasteiger partial charge is 0.309 e. The fourth-order valence-electron chi connectivity index (χ4n) is 9.94. The summed E-state index contributed by atoms with van der Waals surface area (Å²) in [6, 6.07) is 82.6. The highest BCUT2D eigenvalue weighted by molar-refractivity contribution is 6.13. The first kappa shape index (κ1) is 35.7. The summed E-state index contributed by atoms with van der Waals surface area (Å²) < 4.78 is 0. The van der Waals surface area contributed by atoms with Gasteiger partial charge in [0.05, 0.1) is 11.4 Å². The van der Waals surface area contributed by atoms with Crippen LogP contribution >= 0.6 is 0 Å². The van der Waals surface area contributed by atoms with Crippen LogP contribution in [0.2, 0.25) is 0 Å². The van der Waals surface area contributed by atoms with E-state index >= 15 is 0 Å². The molecule has 1 nitrogen and oxygen atoms in total. The van der Waals surface area contributed by atoms with Crippen molar-refractivity contribution in [3.63, 3.8) is 0 Å². The summed E-state index contributed by atoms with van der Waals surface area (Å²) in [7, 11) is 0. The molecule has 10 aromatic rings. The lowest BCUT2D eigenvalue weighted by Gasteiger charge is -2.33. The highest BCUT2D eigenvalue weighted by Gasteiger charge is 2.38. The molecule has 0 radical (unpaired) electrons. The highest BCUT2D eigenvalue weighted by Crippen LogP contribution is 2.56. The van der Waals surface area contributed by atoms with E-state index in [2.05, 4.69) is 243 Å². The lowest BCUT2D eigenvalue weighted by Crippen LogP contribution is -2.17. The molecule has 1 aliphatic carbocycles. The molecule has 0 fully saturated rings. The van der Waals surface area contributed by atoms with Gasteiger partial charge in [0.25, 0.3) is 0 Å². The van der Waals surface area contributed by atoms with Crippen LogP contribution in [0.5, 0.6) is 0 Å². The smallest absolute Gasteiger partial charge is 0.0546 e. The number of hydrogen-bond donors (Lipinski definition) is 0. The van der Waals surface area contributed by atoms with Crippen LogP contribution in [0.15, 0.2) is 224 Å². The first-order chi connectivity index (χ1) is 29.6. The van der Waals surface area contributed by atoms with E-state index in [9.17, 15) is 0 Å². The van der Waals surface area contributed by atoms with Crippen molar-refractivity contribution in [2.24, 2.45) is 0 Å². The molecule has 0 unspecified atom stereocenters. The SMILES string of the molecule is CC1(C)c2ccccc2-c2cccc(-c3cc4c(ccc5ccccc54)cc3N(c3ccccc3)c3cccc(-c4ccccc4)c3-c3ccccc3-c3ccccc3)c21. The molecule has 0 spiro atoms. The number of fused-ring (bicyclic) bond motifs is 6. The molecule has 0 atom stereocenters. The maximum absolute atomic E-state index is 2.53. The maximum atomic E-state index is 2.53. The average molecular weight is 766 g/mol. The van der Waals surface area contributed by atoms with Gasteiger partial charge in [0.1, 0.15) is 0 Å². The zero-order valence-corrected chi connectivity index (χ0v) is 33.8. The van der Waals surface area contributed by atoms with Gasteiger partial charge in [-0.15, -0.1) is 0 Å². The molecule has 1 heteroatoms. The summed E-state index contributed by atoms with van der Waals surface area (Å²) in [6.07, 6.45) is 0. The molecule has 11 rings (SSSR count). The van der Waals surface area contributed by atoms with Crippen molar-refractivity contribution < 1.29 is 0 Å². The lowest BCUT2D eigenvalue weighted by molar-refractivity contribution is 0.662. The number of hydrogen-bond acceptors (Lipinski definition) is 1. The van der Waals surface area contributed by atoms with Crippen LogP contribution in [0.25, 0.3) is 77.2 Å². The van der Waals surface area contributed by atoms with E-state index in [1.165, 1.54) is 88.3 Å². The zero-order chi connectivity index (χ0) is 40.2. The van der Waals surface area contributed by atoms with Crippen LogP contribution in [-0.2, 0) is 5.41 Å². The normalized spacial score (nSPS) is 12.6. The second-order valence-electron chi connectivity index (χ2n) is 16.4. The molecular weight excluding hydrogens is 723 g/mol. The third kappa shape index (κ3) is 5.77. The minimum atomic E-state index is -0.210. The summed E-state index contributed by atoms with van der Waals surface area (Å²) in [6.45, 7) is 4.79. The van der Waals surface area contributed by atoms with Crippen LogP contribution in [0, 0.1) is 0 Å². The number of benzene rings is 10. The first-order valence-corrected chi connectivity index (χ1v) is 20.9. The van der Waals surface area contributed by atoms with E-state index in [1.54, 1.807) is 0 Å². The summed E-state index contributed by atoms with van der Waals surface area (Å²) in [4.78, 5) is 2.53. The third-order valence-corrected chi connectivity index (χ3v) is 12.6. The van der Waals surface area contributed by atoms with E-state index in [0.29, 0.717) is 0 Å². The molecule has 284 valence electrons. The minimum absolute atomic E-state index is 0.210. The lowest BCUT2D eigenvalue weighted by atomic mass is 9.78. The van der Waals surface area contributed by atoms with Crippen LogP contribution in [-0.4, -0.2) is 0 Å². The summed E-state index contributed by atoms with van der Waals surface area (Å²) >= 11 is 0. The fourth-order valence-corrected chi connectivity index (χ4v) is 9.94. The first-order valence-electron chi connectivity index (χ1n) is 20.9. The van der Waals surface area contributed by atoms with E-state index in [-0.39, 0.29) is 5.41 Å².